The molecule has 0 unspecified atom stereocenters. The average Bonchev–Trinajstić information content (AvgIpc) is 3.28. The van der Waals surface area contributed by atoms with Gasteiger partial charge in [0.1, 0.15) is 11.5 Å². The van der Waals surface area contributed by atoms with Crippen molar-refractivity contribution in [1.29, 1.82) is 0 Å². The first-order valence-corrected chi connectivity index (χ1v) is 7.87. The molecule has 0 atom stereocenters. The van der Waals surface area contributed by atoms with Gasteiger partial charge in [-0.2, -0.15) is 0 Å². The average molecular weight is 347 g/mol. The highest BCUT2D eigenvalue weighted by atomic mass is 16.5. The molecule has 3 aromatic rings. The standard InChI is InChI=1S/C20H13NO5/c1-12-15(26-20(23)16-5-3-9-24-16)7-6-14-18(22)17(25-19(12)14)10-13-4-2-8-21-11-13/h2-11H,1H3/b17-10-. The number of esters is 1. The largest absolute Gasteiger partial charge is 0.457 e. The van der Waals surface area contributed by atoms with Gasteiger partial charge in [-0.25, -0.2) is 4.79 Å². The highest BCUT2D eigenvalue weighted by molar-refractivity contribution is 6.15. The molecule has 2 aromatic heterocycles. The molecule has 0 saturated carbocycles. The van der Waals surface area contributed by atoms with Gasteiger partial charge in [0, 0.05) is 18.0 Å². The second-order valence-electron chi connectivity index (χ2n) is 5.66. The van der Waals surface area contributed by atoms with Gasteiger partial charge in [0.2, 0.25) is 11.5 Å². The molecule has 4 rings (SSSR count). The lowest BCUT2D eigenvalue weighted by atomic mass is 10.1. The number of hydrogen-bond donors (Lipinski definition) is 0. The Morgan fingerprint density at radius 2 is 2.08 bits per heavy atom. The van der Waals surface area contributed by atoms with Gasteiger partial charge in [-0.3, -0.25) is 9.78 Å². The normalized spacial score (nSPS) is 14.2. The Balaban J connectivity index is 1.64. The SMILES string of the molecule is Cc1c(OC(=O)c2ccco2)ccc2c1O/C(=C\c1cccnc1)C2=O. The van der Waals surface area contributed by atoms with Crippen LogP contribution in [0.25, 0.3) is 6.08 Å². The molecule has 26 heavy (non-hydrogen) atoms. The van der Waals surface area contributed by atoms with Crippen LogP contribution in [0.2, 0.25) is 0 Å². The molecule has 6 nitrogen and oxygen atoms in total. The summed E-state index contributed by atoms with van der Waals surface area (Å²) < 4.78 is 16.1. The first-order chi connectivity index (χ1) is 12.6. The second-order valence-corrected chi connectivity index (χ2v) is 5.66. The number of hydrogen-bond acceptors (Lipinski definition) is 6. The van der Waals surface area contributed by atoms with Gasteiger partial charge in [-0.05, 0) is 48.9 Å². The monoisotopic (exact) mass is 347 g/mol. The van der Waals surface area contributed by atoms with E-state index < -0.39 is 5.97 Å². The third-order valence-electron chi connectivity index (χ3n) is 3.94. The fourth-order valence-corrected chi connectivity index (χ4v) is 2.64. The minimum atomic E-state index is -0.617. The molecule has 6 heteroatoms. The van der Waals surface area contributed by atoms with E-state index in [0.29, 0.717) is 22.6 Å². The van der Waals surface area contributed by atoms with E-state index in [9.17, 15) is 9.59 Å². The molecule has 0 amide bonds. The molecule has 0 N–H and O–H groups in total. The number of furan rings is 1. The van der Waals surface area contributed by atoms with Crippen LogP contribution >= 0.6 is 0 Å². The van der Waals surface area contributed by atoms with Crippen molar-refractivity contribution >= 4 is 17.8 Å². The number of carbonyl (C=O) groups excluding carboxylic acids is 2. The van der Waals surface area contributed by atoms with Crippen LogP contribution in [0.5, 0.6) is 11.5 Å². The van der Waals surface area contributed by atoms with Gasteiger partial charge < -0.3 is 13.9 Å². The van der Waals surface area contributed by atoms with E-state index in [2.05, 4.69) is 4.98 Å². The predicted molar refractivity (Wildman–Crippen MR) is 92.0 cm³/mol. The number of aromatic nitrogens is 1. The van der Waals surface area contributed by atoms with E-state index >= 15 is 0 Å². The number of allylic oxidation sites excluding steroid dienone is 1. The van der Waals surface area contributed by atoms with Gasteiger partial charge >= 0.3 is 5.97 Å². The quantitative estimate of drug-likeness (QED) is 0.407. The van der Waals surface area contributed by atoms with Crippen molar-refractivity contribution in [3.05, 3.63) is 83.3 Å². The lowest BCUT2D eigenvalue weighted by molar-refractivity contribution is 0.0700. The highest BCUT2D eigenvalue weighted by Crippen LogP contribution is 2.39. The summed E-state index contributed by atoms with van der Waals surface area (Å²) in [5.41, 5.74) is 1.74. The van der Waals surface area contributed by atoms with E-state index in [1.165, 1.54) is 12.3 Å². The molecule has 1 aliphatic rings. The van der Waals surface area contributed by atoms with Crippen molar-refractivity contribution in [3.63, 3.8) is 0 Å². The number of nitrogens with zero attached hydrogens (tertiary/aromatic N) is 1. The highest BCUT2D eigenvalue weighted by Gasteiger charge is 2.30. The van der Waals surface area contributed by atoms with Crippen molar-refractivity contribution in [1.82, 2.24) is 4.98 Å². The summed E-state index contributed by atoms with van der Waals surface area (Å²) in [4.78, 5) is 28.6. The van der Waals surface area contributed by atoms with Gasteiger partial charge in [-0.1, -0.05) is 6.07 Å². The number of carbonyl (C=O) groups is 2. The lowest BCUT2D eigenvalue weighted by Crippen LogP contribution is -2.08. The molecular weight excluding hydrogens is 334 g/mol. The zero-order valence-corrected chi connectivity index (χ0v) is 13.8. The van der Waals surface area contributed by atoms with Gasteiger partial charge in [0.05, 0.1) is 11.8 Å². The first-order valence-electron chi connectivity index (χ1n) is 7.87. The van der Waals surface area contributed by atoms with Crippen molar-refractivity contribution in [3.8, 4) is 11.5 Å². The van der Waals surface area contributed by atoms with Crippen LogP contribution in [0.4, 0.5) is 0 Å². The molecule has 3 heterocycles. The van der Waals surface area contributed by atoms with Crippen molar-refractivity contribution in [2.24, 2.45) is 0 Å². The first kappa shape index (κ1) is 15.8. The summed E-state index contributed by atoms with van der Waals surface area (Å²) in [7, 11) is 0. The number of Topliss-reactive ketones (excluding diaryl/α,β-unsaturated/α-hetero) is 1. The summed E-state index contributed by atoms with van der Waals surface area (Å²) >= 11 is 0. The van der Waals surface area contributed by atoms with E-state index in [4.69, 9.17) is 13.9 Å². The Morgan fingerprint density at radius 1 is 1.19 bits per heavy atom. The number of benzene rings is 1. The van der Waals surface area contributed by atoms with Gasteiger partial charge in [0.25, 0.3) is 0 Å². The molecule has 128 valence electrons. The minimum Gasteiger partial charge on any atom is -0.457 e. The Kier molecular flexibility index (Phi) is 3.85. The van der Waals surface area contributed by atoms with Crippen LogP contribution in [-0.4, -0.2) is 16.7 Å². The minimum absolute atomic E-state index is 0.0963. The van der Waals surface area contributed by atoms with Crippen LogP contribution in [0.1, 0.15) is 32.0 Å². The smallest absolute Gasteiger partial charge is 0.379 e. The van der Waals surface area contributed by atoms with Crippen LogP contribution in [0.3, 0.4) is 0 Å². The number of ketones is 1. The second kappa shape index (κ2) is 6.33. The van der Waals surface area contributed by atoms with Crippen LogP contribution in [-0.2, 0) is 0 Å². The Bertz CT molecular complexity index is 1020. The van der Waals surface area contributed by atoms with E-state index in [-0.39, 0.29) is 17.3 Å². The fraction of sp³-hybridized carbons (Fsp3) is 0.0500. The molecule has 1 aromatic carbocycles. The maximum Gasteiger partial charge on any atom is 0.379 e. The lowest BCUT2D eigenvalue weighted by Gasteiger charge is -2.09. The third-order valence-corrected chi connectivity index (χ3v) is 3.94. The summed E-state index contributed by atoms with van der Waals surface area (Å²) in [6.07, 6.45) is 6.31. The topological polar surface area (TPSA) is 78.6 Å². The summed E-state index contributed by atoms with van der Waals surface area (Å²) in [6.45, 7) is 1.73. The van der Waals surface area contributed by atoms with Crippen molar-refractivity contribution in [2.75, 3.05) is 0 Å². The number of pyridine rings is 1. The zero-order chi connectivity index (χ0) is 18.1. The van der Waals surface area contributed by atoms with Crippen molar-refractivity contribution < 1.29 is 23.5 Å². The third kappa shape index (κ3) is 2.77. The molecule has 0 radical (unpaired) electrons. The summed E-state index contributed by atoms with van der Waals surface area (Å²) in [5.74, 6) is 0.143. The van der Waals surface area contributed by atoms with Crippen LogP contribution < -0.4 is 9.47 Å². The molecular formula is C20H13NO5. The maximum absolute atomic E-state index is 12.5. The van der Waals surface area contributed by atoms with E-state index in [0.717, 1.165) is 5.56 Å². The van der Waals surface area contributed by atoms with E-state index in [1.807, 2.05) is 6.07 Å². The van der Waals surface area contributed by atoms with Gasteiger partial charge in [0.15, 0.2) is 5.76 Å². The van der Waals surface area contributed by atoms with Crippen LogP contribution in [0, 0.1) is 6.92 Å². The Morgan fingerprint density at radius 3 is 2.81 bits per heavy atom. The Labute approximate surface area is 148 Å². The molecule has 0 fully saturated rings. The maximum atomic E-state index is 12.5. The number of ether oxygens (including phenoxy) is 2. The number of fused-ring (bicyclic) bond motifs is 1. The molecule has 0 aliphatic carbocycles. The summed E-state index contributed by atoms with van der Waals surface area (Å²) in [6, 6.07) is 9.87. The molecule has 0 spiro atoms. The van der Waals surface area contributed by atoms with Crippen molar-refractivity contribution in [2.45, 2.75) is 6.92 Å². The molecule has 0 bridgehead atoms. The predicted octanol–water partition coefficient (Wildman–Crippen LogP) is 3.82. The van der Waals surface area contributed by atoms with Crippen LogP contribution in [0.15, 0.2) is 65.2 Å². The Hall–Kier alpha value is -3.67. The zero-order valence-electron chi connectivity index (χ0n) is 13.8. The fourth-order valence-electron chi connectivity index (χ4n) is 2.64. The summed E-state index contributed by atoms with van der Waals surface area (Å²) in [5, 5.41) is 0. The van der Waals surface area contributed by atoms with Gasteiger partial charge in [-0.15, -0.1) is 0 Å². The number of rotatable bonds is 3. The van der Waals surface area contributed by atoms with E-state index in [1.54, 1.807) is 49.7 Å². The molecule has 0 saturated heterocycles. The molecule has 1 aliphatic heterocycles.